The number of hydrogen-bond donors (Lipinski definition) is 1. The normalized spacial score (nSPS) is 35.7. The summed E-state index contributed by atoms with van der Waals surface area (Å²) in [4.78, 5) is 13.8. The molecule has 1 N–H and O–H groups in total. The van der Waals surface area contributed by atoms with E-state index in [1.165, 1.54) is 6.42 Å². The van der Waals surface area contributed by atoms with Gasteiger partial charge < -0.3 is 4.90 Å². The Morgan fingerprint density at radius 1 is 1.64 bits per heavy atom. The largest absolute Gasteiger partial charge is 0.344 e. The summed E-state index contributed by atoms with van der Waals surface area (Å²) in [6.45, 7) is 3.20. The second-order valence-electron chi connectivity index (χ2n) is 4.46. The predicted octanol–water partition coefficient (Wildman–Crippen LogP) is 0.763. The van der Waals surface area contributed by atoms with Gasteiger partial charge in [0.25, 0.3) is 0 Å². The molecule has 14 heavy (non-hydrogen) atoms. The van der Waals surface area contributed by atoms with Gasteiger partial charge in [-0.05, 0) is 18.3 Å². The molecule has 1 saturated heterocycles. The number of carbonyl (C=O) groups excluding carboxylic acids is 1. The molecule has 2 fully saturated rings. The number of hydrogen-bond acceptors (Lipinski definition) is 3. The Balaban J connectivity index is 1.78. The minimum absolute atomic E-state index is 0.0686. The smallest absolute Gasteiger partial charge is 0.240 e. The maximum atomic E-state index is 11.9. The fraction of sp³-hybridized carbons (Fsp3) is 0.900. The lowest BCUT2D eigenvalue weighted by Crippen LogP contribution is -2.43. The summed E-state index contributed by atoms with van der Waals surface area (Å²) in [6.07, 6.45) is 1.30. The molecule has 0 aromatic heterocycles. The number of thioether (sulfide) groups is 1. The molecule has 1 aliphatic heterocycles. The zero-order valence-corrected chi connectivity index (χ0v) is 9.64. The van der Waals surface area contributed by atoms with Gasteiger partial charge in [-0.3, -0.25) is 10.1 Å². The van der Waals surface area contributed by atoms with Crippen molar-refractivity contribution >= 4 is 17.7 Å². The molecule has 0 aromatic rings. The van der Waals surface area contributed by atoms with Crippen molar-refractivity contribution < 1.29 is 4.79 Å². The first-order chi connectivity index (χ1) is 6.68. The molecule has 4 heteroatoms. The predicted molar refractivity (Wildman–Crippen MR) is 59.2 cm³/mol. The maximum Gasteiger partial charge on any atom is 0.240 e. The Kier molecular flexibility index (Phi) is 3.02. The van der Waals surface area contributed by atoms with E-state index >= 15 is 0 Å². The second-order valence-corrected chi connectivity index (χ2v) is 5.49. The van der Waals surface area contributed by atoms with Gasteiger partial charge in [0.1, 0.15) is 0 Å². The summed E-state index contributed by atoms with van der Waals surface area (Å²) in [7, 11) is 1.93. The van der Waals surface area contributed by atoms with E-state index in [4.69, 9.17) is 0 Å². The minimum atomic E-state index is 0.0686. The summed E-state index contributed by atoms with van der Waals surface area (Å²) in [6, 6.07) is 0.0686. The molecule has 1 saturated carbocycles. The average Bonchev–Trinajstić information content (AvgIpc) is 2.72. The van der Waals surface area contributed by atoms with E-state index in [0.717, 1.165) is 30.0 Å². The molecule has 1 heterocycles. The summed E-state index contributed by atoms with van der Waals surface area (Å²) >= 11 is 1.80. The Labute approximate surface area is 89.6 Å². The van der Waals surface area contributed by atoms with Crippen molar-refractivity contribution in [1.29, 1.82) is 0 Å². The van der Waals surface area contributed by atoms with Gasteiger partial charge in [0.2, 0.25) is 5.91 Å². The van der Waals surface area contributed by atoms with Crippen LogP contribution in [-0.4, -0.2) is 42.1 Å². The van der Waals surface area contributed by atoms with Crippen molar-refractivity contribution in [3.63, 3.8) is 0 Å². The van der Waals surface area contributed by atoms with Gasteiger partial charge in [-0.2, -0.15) is 0 Å². The molecule has 3 unspecified atom stereocenters. The van der Waals surface area contributed by atoms with Gasteiger partial charge in [0.05, 0.1) is 6.04 Å². The van der Waals surface area contributed by atoms with Crippen LogP contribution in [0.25, 0.3) is 0 Å². The number of rotatable bonds is 3. The van der Waals surface area contributed by atoms with Crippen molar-refractivity contribution in [3.8, 4) is 0 Å². The lowest BCUT2D eigenvalue weighted by atomic mass is 10.2. The van der Waals surface area contributed by atoms with Crippen molar-refractivity contribution in [2.45, 2.75) is 19.4 Å². The van der Waals surface area contributed by atoms with Crippen LogP contribution >= 0.6 is 11.8 Å². The van der Waals surface area contributed by atoms with Gasteiger partial charge in [0, 0.05) is 25.2 Å². The Morgan fingerprint density at radius 3 is 2.86 bits per heavy atom. The van der Waals surface area contributed by atoms with Crippen LogP contribution in [0.1, 0.15) is 13.3 Å². The zero-order valence-electron chi connectivity index (χ0n) is 8.82. The topological polar surface area (TPSA) is 32.3 Å². The maximum absolute atomic E-state index is 11.9. The van der Waals surface area contributed by atoms with Crippen LogP contribution < -0.4 is 5.32 Å². The van der Waals surface area contributed by atoms with E-state index in [1.54, 1.807) is 11.8 Å². The highest BCUT2D eigenvalue weighted by Crippen LogP contribution is 2.38. The first-order valence-electron chi connectivity index (χ1n) is 5.24. The van der Waals surface area contributed by atoms with Crippen LogP contribution in [0, 0.1) is 11.8 Å². The quantitative estimate of drug-likeness (QED) is 0.753. The van der Waals surface area contributed by atoms with Crippen LogP contribution in [-0.2, 0) is 4.79 Å². The van der Waals surface area contributed by atoms with Crippen molar-refractivity contribution in [3.05, 3.63) is 0 Å². The fourth-order valence-corrected chi connectivity index (χ4v) is 2.85. The standard InChI is InChI=1S/C10H18N2OS/c1-7-3-8(7)4-12(2)10(13)9-5-14-6-11-9/h7-9,11H,3-6H2,1-2H3. The third kappa shape index (κ3) is 2.23. The molecular formula is C10H18N2OS. The van der Waals surface area contributed by atoms with Crippen LogP contribution in [0.5, 0.6) is 0 Å². The summed E-state index contributed by atoms with van der Waals surface area (Å²) in [5.41, 5.74) is 0. The van der Waals surface area contributed by atoms with Gasteiger partial charge in [-0.1, -0.05) is 6.92 Å². The fourth-order valence-electron chi connectivity index (χ4n) is 1.92. The molecule has 0 bridgehead atoms. The van der Waals surface area contributed by atoms with E-state index < -0.39 is 0 Å². The van der Waals surface area contributed by atoms with E-state index in [2.05, 4.69) is 12.2 Å². The van der Waals surface area contributed by atoms with Crippen molar-refractivity contribution in [2.24, 2.45) is 11.8 Å². The van der Waals surface area contributed by atoms with Crippen molar-refractivity contribution in [1.82, 2.24) is 10.2 Å². The van der Waals surface area contributed by atoms with Gasteiger partial charge in [-0.25, -0.2) is 0 Å². The molecule has 3 atom stereocenters. The highest BCUT2D eigenvalue weighted by Gasteiger charge is 2.35. The highest BCUT2D eigenvalue weighted by atomic mass is 32.2. The number of likely N-dealkylation sites (N-methyl/N-ethyl adjacent to an activating group) is 1. The monoisotopic (exact) mass is 214 g/mol. The molecule has 0 aromatic carbocycles. The summed E-state index contributed by atoms with van der Waals surface area (Å²) in [5.74, 6) is 3.72. The van der Waals surface area contributed by atoms with Crippen LogP contribution in [0.2, 0.25) is 0 Å². The molecule has 1 amide bonds. The van der Waals surface area contributed by atoms with Crippen LogP contribution in [0.3, 0.4) is 0 Å². The van der Waals surface area contributed by atoms with Crippen LogP contribution in [0.15, 0.2) is 0 Å². The van der Waals surface area contributed by atoms with Gasteiger partial charge in [0.15, 0.2) is 0 Å². The first kappa shape index (κ1) is 10.3. The number of carbonyl (C=O) groups is 1. The summed E-state index contributed by atoms with van der Waals surface area (Å²) < 4.78 is 0. The second kappa shape index (κ2) is 4.11. The Hall–Kier alpha value is -0.220. The van der Waals surface area contributed by atoms with Gasteiger partial charge in [-0.15, -0.1) is 11.8 Å². The molecule has 2 aliphatic rings. The zero-order chi connectivity index (χ0) is 10.1. The molecule has 1 aliphatic carbocycles. The molecule has 0 radical (unpaired) electrons. The number of amides is 1. The lowest BCUT2D eigenvalue weighted by molar-refractivity contribution is -0.131. The van der Waals surface area contributed by atoms with Gasteiger partial charge >= 0.3 is 0 Å². The Bertz CT molecular complexity index is 228. The van der Waals surface area contributed by atoms with E-state index in [0.29, 0.717) is 0 Å². The SMILES string of the molecule is CC1CC1CN(C)C(=O)C1CSCN1. The van der Waals surface area contributed by atoms with Crippen molar-refractivity contribution in [2.75, 3.05) is 25.2 Å². The molecule has 80 valence electrons. The third-order valence-corrected chi connectivity index (χ3v) is 4.11. The molecule has 0 spiro atoms. The molecule has 3 nitrogen and oxygen atoms in total. The van der Waals surface area contributed by atoms with Crippen LogP contribution in [0.4, 0.5) is 0 Å². The number of nitrogens with zero attached hydrogens (tertiary/aromatic N) is 1. The summed E-state index contributed by atoms with van der Waals surface area (Å²) in [5, 5.41) is 3.21. The average molecular weight is 214 g/mol. The first-order valence-corrected chi connectivity index (χ1v) is 6.40. The molecule has 2 rings (SSSR count). The molecular weight excluding hydrogens is 196 g/mol. The van der Waals surface area contributed by atoms with E-state index in [-0.39, 0.29) is 11.9 Å². The lowest BCUT2D eigenvalue weighted by Gasteiger charge is -2.20. The van der Waals surface area contributed by atoms with E-state index in [1.807, 2.05) is 11.9 Å². The minimum Gasteiger partial charge on any atom is -0.344 e. The Morgan fingerprint density at radius 2 is 2.36 bits per heavy atom. The van der Waals surface area contributed by atoms with E-state index in [9.17, 15) is 4.79 Å². The highest BCUT2D eigenvalue weighted by molar-refractivity contribution is 7.99. The third-order valence-electron chi connectivity index (χ3n) is 3.18. The number of nitrogens with one attached hydrogen (secondary N) is 1.